The molecule has 6 heteroatoms. The molecule has 1 saturated carbocycles. The Hall–Kier alpha value is -2.47. The molecule has 1 amide bonds. The van der Waals surface area contributed by atoms with E-state index < -0.39 is 0 Å². The van der Waals surface area contributed by atoms with Gasteiger partial charge < -0.3 is 5.32 Å². The number of carbonyl (C=O) groups excluding carboxylic acids is 1. The number of amides is 1. The van der Waals surface area contributed by atoms with Crippen LogP contribution < -0.4 is 5.32 Å². The van der Waals surface area contributed by atoms with Gasteiger partial charge in [0.2, 0.25) is 11.0 Å². The van der Waals surface area contributed by atoms with Crippen LogP contribution in [0.4, 0.5) is 5.82 Å². The number of benzene rings is 1. The second kappa shape index (κ2) is 8.27. The summed E-state index contributed by atoms with van der Waals surface area (Å²) in [4.78, 5) is 17.2. The van der Waals surface area contributed by atoms with E-state index in [1.165, 1.54) is 42.6 Å². The van der Waals surface area contributed by atoms with E-state index in [0.29, 0.717) is 18.2 Å². The van der Waals surface area contributed by atoms with Crippen LogP contribution in [0.25, 0.3) is 16.4 Å². The lowest BCUT2D eigenvalue weighted by atomic mass is 10.0. The van der Waals surface area contributed by atoms with Gasteiger partial charge in [0, 0.05) is 23.4 Å². The third kappa shape index (κ3) is 4.33. The van der Waals surface area contributed by atoms with E-state index >= 15 is 0 Å². The van der Waals surface area contributed by atoms with Gasteiger partial charge in [0.25, 0.3) is 0 Å². The number of aryl methyl sites for hydroxylation is 2. The molecule has 0 unspecified atom stereocenters. The van der Waals surface area contributed by atoms with Gasteiger partial charge in [-0.15, -0.1) is 11.3 Å². The molecular weight excluding hydrogens is 368 g/mol. The highest BCUT2D eigenvalue weighted by Gasteiger charge is 2.18. The second-order valence-electron chi connectivity index (χ2n) is 7.70. The van der Waals surface area contributed by atoms with Crippen LogP contribution in [0.2, 0.25) is 0 Å². The van der Waals surface area contributed by atoms with Crippen molar-refractivity contribution in [2.24, 2.45) is 5.92 Å². The summed E-state index contributed by atoms with van der Waals surface area (Å²) in [5.74, 6) is 1.47. The molecule has 1 fully saturated rings. The van der Waals surface area contributed by atoms with Crippen LogP contribution in [-0.4, -0.2) is 20.7 Å². The van der Waals surface area contributed by atoms with Gasteiger partial charge in [-0.3, -0.25) is 4.79 Å². The van der Waals surface area contributed by atoms with E-state index in [1.54, 1.807) is 4.68 Å². The average Bonchev–Trinajstić information content (AvgIpc) is 3.41. The average molecular weight is 395 g/mol. The van der Waals surface area contributed by atoms with Crippen molar-refractivity contribution in [3.05, 3.63) is 47.0 Å². The monoisotopic (exact) mass is 394 g/mol. The van der Waals surface area contributed by atoms with E-state index in [0.717, 1.165) is 28.5 Å². The van der Waals surface area contributed by atoms with Gasteiger partial charge in [0.05, 0.1) is 11.4 Å². The largest absolute Gasteiger partial charge is 0.311 e. The molecular formula is C22H26N4OS. The molecule has 1 aromatic carbocycles. The van der Waals surface area contributed by atoms with Gasteiger partial charge in [-0.1, -0.05) is 55.5 Å². The normalized spacial score (nSPS) is 14.5. The fraction of sp³-hybridized carbons (Fsp3) is 0.409. The Balaban J connectivity index is 1.48. The lowest BCUT2D eigenvalue weighted by molar-refractivity contribution is -0.116. The Morgan fingerprint density at radius 3 is 2.71 bits per heavy atom. The molecule has 28 heavy (non-hydrogen) atoms. The first-order chi connectivity index (χ1) is 13.6. The standard InChI is InChI=1S/C22H26N4OS/c1-15-7-10-18(11-8-15)19-14-28-22(23-19)26-20(13-16(2)25-26)24-21(27)12-9-17-5-3-4-6-17/h7-8,10-11,13-14,17H,3-6,9,12H2,1-2H3,(H,24,27). The molecule has 1 N–H and O–H groups in total. The van der Waals surface area contributed by atoms with Crippen LogP contribution >= 0.6 is 11.3 Å². The molecule has 4 rings (SSSR count). The first-order valence-electron chi connectivity index (χ1n) is 9.98. The molecule has 0 spiro atoms. The molecule has 1 aliphatic carbocycles. The van der Waals surface area contributed by atoms with Crippen LogP contribution in [0.1, 0.15) is 49.8 Å². The number of rotatable bonds is 6. The van der Waals surface area contributed by atoms with Crippen LogP contribution in [0.3, 0.4) is 0 Å². The van der Waals surface area contributed by atoms with Gasteiger partial charge in [-0.25, -0.2) is 4.98 Å². The van der Waals surface area contributed by atoms with Gasteiger partial charge in [-0.2, -0.15) is 9.78 Å². The fourth-order valence-electron chi connectivity index (χ4n) is 3.79. The minimum absolute atomic E-state index is 0.0587. The number of carbonyl (C=O) groups is 1. The van der Waals surface area contributed by atoms with Crippen molar-refractivity contribution < 1.29 is 4.79 Å². The van der Waals surface area contributed by atoms with Crippen LogP contribution in [-0.2, 0) is 4.79 Å². The van der Waals surface area contributed by atoms with E-state index in [-0.39, 0.29) is 5.91 Å². The van der Waals surface area contributed by atoms with Gasteiger partial charge in [0.1, 0.15) is 5.82 Å². The number of hydrogen-bond acceptors (Lipinski definition) is 4. The summed E-state index contributed by atoms with van der Waals surface area (Å²) in [5, 5.41) is 10.4. The molecule has 0 saturated heterocycles. The second-order valence-corrected chi connectivity index (χ2v) is 8.54. The van der Waals surface area contributed by atoms with Crippen LogP contribution in [0.5, 0.6) is 0 Å². The van der Waals surface area contributed by atoms with Crippen molar-refractivity contribution >= 4 is 23.1 Å². The molecule has 146 valence electrons. The molecule has 1 aliphatic rings. The first-order valence-corrected chi connectivity index (χ1v) is 10.9. The Bertz CT molecular complexity index is 951. The summed E-state index contributed by atoms with van der Waals surface area (Å²) >= 11 is 1.53. The SMILES string of the molecule is Cc1ccc(-c2csc(-n3nc(C)cc3NC(=O)CCC3CCCC3)n2)cc1. The molecule has 5 nitrogen and oxygen atoms in total. The number of anilines is 1. The van der Waals surface area contributed by atoms with E-state index in [4.69, 9.17) is 4.98 Å². The Kier molecular flexibility index (Phi) is 5.57. The minimum Gasteiger partial charge on any atom is -0.311 e. The van der Waals surface area contributed by atoms with Crippen LogP contribution in [0.15, 0.2) is 35.7 Å². The van der Waals surface area contributed by atoms with E-state index in [2.05, 4.69) is 41.6 Å². The van der Waals surface area contributed by atoms with Crippen molar-refractivity contribution in [3.8, 4) is 16.4 Å². The fourth-order valence-corrected chi connectivity index (χ4v) is 4.59. The highest BCUT2D eigenvalue weighted by Crippen LogP contribution is 2.29. The van der Waals surface area contributed by atoms with Crippen molar-refractivity contribution in [2.45, 2.75) is 52.4 Å². The third-order valence-electron chi connectivity index (χ3n) is 5.37. The predicted octanol–water partition coefficient (Wildman–Crippen LogP) is 5.52. The van der Waals surface area contributed by atoms with Gasteiger partial charge in [-0.05, 0) is 26.2 Å². The first kappa shape index (κ1) is 18.9. The molecule has 3 aromatic rings. The summed E-state index contributed by atoms with van der Waals surface area (Å²) in [6.07, 6.45) is 6.71. The molecule has 2 heterocycles. The number of nitrogens with one attached hydrogen (secondary N) is 1. The van der Waals surface area contributed by atoms with Crippen molar-refractivity contribution in [1.29, 1.82) is 0 Å². The zero-order chi connectivity index (χ0) is 19.5. The van der Waals surface area contributed by atoms with E-state index in [9.17, 15) is 4.79 Å². The molecule has 0 bridgehead atoms. The smallest absolute Gasteiger partial charge is 0.225 e. The third-order valence-corrected chi connectivity index (χ3v) is 6.19. The number of nitrogens with zero attached hydrogens (tertiary/aromatic N) is 3. The minimum atomic E-state index is 0.0587. The molecule has 0 aliphatic heterocycles. The van der Waals surface area contributed by atoms with Crippen molar-refractivity contribution in [3.63, 3.8) is 0 Å². The number of hydrogen-bond donors (Lipinski definition) is 1. The van der Waals surface area contributed by atoms with Crippen molar-refractivity contribution in [1.82, 2.24) is 14.8 Å². The zero-order valence-electron chi connectivity index (χ0n) is 16.4. The maximum atomic E-state index is 12.5. The summed E-state index contributed by atoms with van der Waals surface area (Å²) in [7, 11) is 0. The summed E-state index contributed by atoms with van der Waals surface area (Å²) in [6.45, 7) is 4.00. The van der Waals surface area contributed by atoms with E-state index in [1.807, 2.05) is 18.4 Å². The number of thiazole rings is 1. The molecule has 0 atom stereocenters. The van der Waals surface area contributed by atoms with Crippen LogP contribution in [0, 0.1) is 19.8 Å². The maximum Gasteiger partial charge on any atom is 0.225 e. The molecule has 2 aromatic heterocycles. The maximum absolute atomic E-state index is 12.5. The lowest BCUT2D eigenvalue weighted by Crippen LogP contribution is -2.15. The lowest BCUT2D eigenvalue weighted by Gasteiger charge is -2.09. The quantitative estimate of drug-likeness (QED) is 0.599. The van der Waals surface area contributed by atoms with Gasteiger partial charge >= 0.3 is 0 Å². The summed E-state index contributed by atoms with van der Waals surface area (Å²) in [6, 6.07) is 10.2. The topological polar surface area (TPSA) is 59.8 Å². The number of aromatic nitrogens is 3. The highest BCUT2D eigenvalue weighted by molar-refractivity contribution is 7.12. The van der Waals surface area contributed by atoms with Crippen molar-refractivity contribution in [2.75, 3.05) is 5.32 Å². The Morgan fingerprint density at radius 2 is 1.96 bits per heavy atom. The zero-order valence-corrected chi connectivity index (χ0v) is 17.3. The summed E-state index contributed by atoms with van der Waals surface area (Å²) < 4.78 is 1.74. The highest BCUT2D eigenvalue weighted by atomic mass is 32.1. The predicted molar refractivity (Wildman–Crippen MR) is 114 cm³/mol. The van der Waals surface area contributed by atoms with Gasteiger partial charge in [0.15, 0.2) is 0 Å². The Labute approximate surface area is 169 Å². The molecule has 0 radical (unpaired) electrons. The summed E-state index contributed by atoms with van der Waals surface area (Å²) in [5.41, 5.74) is 4.09. The Morgan fingerprint density at radius 1 is 1.21 bits per heavy atom.